The SMILES string of the molecule is OC[C@H]1O[C@@H](c2ccc(C3CC3)c(Cc3ccc4c(c3)OCCO4)c2)[C@H](O)[C@@H](O)C1O. The Morgan fingerprint density at radius 3 is 2.35 bits per heavy atom. The van der Waals surface area contributed by atoms with Gasteiger partial charge in [-0.15, -0.1) is 0 Å². The molecule has 0 radical (unpaired) electrons. The zero-order chi connectivity index (χ0) is 21.5. The zero-order valence-corrected chi connectivity index (χ0v) is 17.2. The maximum absolute atomic E-state index is 10.5. The molecule has 0 aromatic heterocycles. The van der Waals surface area contributed by atoms with Crippen molar-refractivity contribution in [1.82, 2.24) is 0 Å². The Morgan fingerprint density at radius 2 is 1.61 bits per heavy atom. The van der Waals surface area contributed by atoms with Crippen LogP contribution in [0.15, 0.2) is 36.4 Å². The minimum atomic E-state index is -1.39. The largest absolute Gasteiger partial charge is 0.486 e. The molecule has 4 N–H and O–H groups in total. The molecule has 2 fully saturated rings. The normalized spacial score (nSPS) is 30.3. The van der Waals surface area contributed by atoms with Crippen molar-refractivity contribution in [2.75, 3.05) is 19.8 Å². The molecule has 1 saturated heterocycles. The number of benzene rings is 2. The quantitative estimate of drug-likeness (QED) is 0.571. The van der Waals surface area contributed by atoms with Crippen molar-refractivity contribution in [3.05, 3.63) is 58.7 Å². The van der Waals surface area contributed by atoms with E-state index in [1.807, 2.05) is 30.3 Å². The lowest BCUT2D eigenvalue weighted by atomic mass is 9.88. The highest BCUT2D eigenvalue weighted by molar-refractivity contribution is 5.47. The molecule has 1 unspecified atom stereocenters. The third kappa shape index (κ3) is 4.04. The molecule has 0 amide bonds. The van der Waals surface area contributed by atoms with Gasteiger partial charge in [-0.25, -0.2) is 0 Å². The van der Waals surface area contributed by atoms with Crippen molar-refractivity contribution in [2.45, 2.75) is 55.7 Å². The molecule has 2 aliphatic heterocycles. The predicted molar refractivity (Wildman–Crippen MR) is 111 cm³/mol. The van der Waals surface area contributed by atoms with Gasteiger partial charge in [0, 0.05) is 0 Å². The molecular formula is C24H28O7. The predicted octanol–water partition coefficient (Wildman–Crippen LogP) is 1.44. The van der Waals surface area contributed by atoms with E-state index in [9.17, 15) is 20.4 Å². The molecule has 1 aliphatic carbocycles. The van der Waals surface area contributed by atoms with Crippen LogP contribution in [0.3, 0.4) is 0 Å². The molecule has 2 aromatic rings. The Morgan fingerprint density at radius 1 is 0.839 bits per heavy atom. The van der Waals surface area contributed by atoms with Gasteiger partial charge in [-0.1, -0.05) is 24.3 Å². The molecule has 2 aromatic carbocycles. The number of hydrogen-bond donors (Lipinski definition) is 4. The average Bonchev–Trinajstić information content (AvgIpc) is 3.63. The number of ether oxygens (including phenoxy) is 3. The summed E-state index contributed by atoms with van der Waals surface area (Å²) in [6.45, 7) is 0.654. The summed E-state index contributed by atoms with van der Waals surface area (Å²) in [6.07, 6.45) is -2.78. The minimum absolute atomic E-state index is 0.439. The molecule has 7 heteroatoms. The summed E-state index contributed by atoms with van der Waals surface area (Å²) in [5.41, 5.74) is 4.22. The van der Waals surface area contributed by atoms with Gasteiger partial charge in [-0.3, -0.25) is 0 Å². The van der Waals surface area contributed by atoms with Crippen LogP contribution in [0.1, 0.15) is 47.1 Å². The first kappa shape index (κ1) is 20.7. The van der Waals surface area contributed by atoms with Crippen molar-refractivity contribution >= 4 is 0 Å². The van der Waals surface area contributed by atoms with Crippen LogP contribution in [0.2, 0.25) is 0 Å². The van der Waals surface area contributed by atoms with Crippen LogP contribution in [-0.2, 0) is 11.2 Å². The topological polar surface area (TPSA) is 109 Å². The fraction of sp³-hybridized carbons (Fsp3) is 0.500. The first-order valence-electron chi connectivity index (χ1n) is 10.9. The van der Waals surface area contributed by atoms with E-state index in [1.54, 1.807) is 0 Å². The number of fused-ring (bicyclic) bond motifs is 1. The second-order valence-corrected chi connectivity index (χ2v) is 8.64. The van der Waals surface area contributed by atoms with Crippen LogP contribution in [0, 0.1) is 0 Å². The van der Waals surface area contributed by atoms with Gasteiger partial charge in [-0.05, 0) is 59.6 Å². The molecule has 7 nitrogen and oxygen atoms in total. The second-order valence-electron chi connectivity index (χ2n) is 8.64. The minimum Gasteiger partial charge on any atom is -0.486 e. The van der Waals surface area contributed by atoms with Gasteiger partial charge in [0.05, 0.1) is 6.61 Å². The van der Waals surface area contributed by atoms with E-state index in [0.717, 1.165) is 35.5 Å². The van der Waals surface area contributed by atoms with E-state index in [0.29, 0.717) is 31.1 Å². The van der Waals surface area contributed by atoms with Crippen LogP contribution in [0.25, 0.3) is 0 Å². The van der Waals surface area contributed by atoms with Crippen molar-refractivity contribution in [2.24, 2.45) is 0 Å². The maximum Gasteiger partial charge on any atom is 0.161 e. The first-order valence-corrected chi connectivity index (χ1v) is 10.9. The van der Waals surface area contributed by atoms with Gasteiger partial charge in [0.1, 0.15) is 43.7 Å². The van der Waals surface area contributed by atoms with E-state index in [2.05, 4.69) is 6.07 Å². The summed E-state index contributed by atoms with van der Waals surface area (Å²) in [6, 6.07) is 12.0. The van der Waals surface area contributed by atoms with Crippen LogP contribution in [0.4, 0.5) is 0 Å². The molecule has 3 aliphatic rings. The summed E-state index contributed by atoms with van der Waals surface area (Å²) in [5.74, 6) is 2.05. The summed E-state index contributed by atoms with van der Waals surface area (Å²) in [4.78, 5) is 0. The Labute approximate surface area is 180 Å². The van der Waals surface area contributed by atoms with Crippen molar-refractivity contribution in [3.8, 4) is 11.5 Å². The number of aliphatic hydroxyl groups excluding tert-OH is 4. The van der Waals surface area contributed by atoms with E-state index in [4.69, 9.17) is 14.2 Å². The van der Waals surface area contributed by atoms with Crippen LogP contribution >= 0.6 is 0 Å². The fourth-order valence-electron chi connectivity index (χ4n) is 4.54. The first-order chi connectivity index (χ1) is 15.0. The molecule has 2 heterocycles. The lowest BCUT2D eigenvalue weighted by Crippen LogP contribution is -2.55. The van der Waals surface area contributed by atoms with E-state index >= 15 is 0 Å². The standard InChI is InChI=1S/C24H28O7/c25-12-20-21(26)22(27)23(28)24(31-20)15-4-5-17(14-2-3-14)16(11-15)9-13-1-6-18-19(10-13)30-8-7-29-18/h1,4-6,10-11,14,20-28H,2-3,7-9,12H2/t20-,21?,22+,23-,24+/m1/s1. The van der Waals surface area contributed by atoms with Crippen molar-refractivity contribution < 1.29 is 34.6 Å². The number of hydrogen-bond acceptors (Lipinski definition) is 7. The van der Waals surface area contributed by atoms with Crippen LogP contribution < -0.4 is 9.47 Å². The molecule has 0 spiro atoms. The fourth-order valence-corrected chi connectivity index (χ4v) is 4.54. The summed E-state index contributed by atoms with van der Waals surface area (Å²) in [5, 5.41) is 40.3. The van der Waals surface area contributed by atoms with E-state index in [-0.39, 0.29) is 0 Å². The highest BCUT2D eigenvalue weighted by atomic mass is 16.6. The average molecular weight is 428 g/mol. The van der Waals surface area contributed by atoms with E-state index in [1.165, 1.54) is 5.56 Å². The molecule has 31 heavy (non-hydrogen) atoms. The Bertz CT molecular complexity index is 940. The van der Waals surface area contributed by atoms with E-state index < -0.39 is 37.1 Å². The zero-order valence-electron chi connectivity index (χ0n) is 17.2. The van der Waals surface area contributed by atoms with Crippen molar-refractivity contribution in [3.63, 3.8) is 0 Å². The molecule has 5 atom stereocenters. The summed E-state index contributed by atoms with van der Waals surface area (Å²) < 4.78 is 17.1. The van der Waals surface area contributed by atoms with Gasteiger partial charge >= 0.3 is 0 Å². The van der Waals surface area contributed by atoms with Crippen molar-refractivity contribution in [1.29, 1.82) is 0 Å². The van der Waals surface area contributed by atoms with Crippen LogP contribution in [0.5, 0.6) is 11.5 Å². The Kier molecular flexibility index (Phi) is 5.62. The molecule has 166 valence electrons. The van der Waals surface area contributed by atoms with Gasteiger partial charge in [0.25, 0.3) is 0 Å². The Balaban J connectivity index is 1.45. The highest BCUT2D eigenvalue weighted by Crippen LogP contribution is 2.44. The summed E-state index contributed by atoms with van der Waals surface area (Å²) >= 11 is 0. The lowest BCUT2D eigenvalue weighted by Gasteiger charge is -2.40. The highest BCUT2D eigenvalue weighted by Gasteiger charge is 2.44. The third-order valence-corrected chi connectivity index (χ3v) is 6.41. The number of aliphatic hydroxyl groups is 4. The van der Waals surface area contributed by atoms with Gasteiger partial charge in [-0.2, -0.15) is 0 Å². The third-order valence-electron chi connectivity index (χ3n) is 6.41. The smallest absolute Gasteiger partial charge is 0.161 e. The van der Waals surface area contributed by atoms with Gasteiger partial charge < -0.3 is 34.6 Å². The summed E-state index contributed by atoms with van der Waals surface area (Å²) in [7, 11) is 0. The monoisotopic (exact) mass is 428 g/mol. The molecule has 1 saturated carbocycles. The lowest BCUT2D eigenvalue weighted by molar-refractivity contribution is -0.231. The molecular weight excluding hydrogens is 400 g/mol. The Hall–Kier alpha value is -2.16. The number of rotatable bonds is 5. The van der Waals surface area contributed by atoms with Gasteiger partial charge in [0.2, 0.25) is 0 Å². The second kappa shape index (κ2) is 8.41. The van der Waals surface area contributed by atoms with Gasteiger partial charge in [0.15, 0.2) is 11.5 Å². The maximum atomic E-state index is 10.5. The van der Waals surface area contributed by atoms with Crippen LogP contribution in [-0.4, -0.2) is 64.7 Å². The molecule has 5 rings (SSSR count). The molecule has 0 bridgehead atoms.